The number of nitrogens with zero attached hydrogens (tertiary/aromatic N) is 2. The summed E-state index contributed by atoms with van der Waals surface area (Å²) in [5.74, 6) is -1.14. The third kappa shape index (κ3) is 9.90. The molecule has 0 radical (unpaired) electrons. The molecule has 0 amide bonds. The molecular formula is C31H39BrClN3O7S2. The van der Waals surface area contributed by atoms with Crippen LogP contribution in [-0.2, 0) is 30.0 Å². The number of carbonyl (C=O) groups is 2. The van der Waals surface area contributed by atoms with Gasteiger partial charge in [0.1, 0.15) is 13.2 Å². The second-order valence-electron chi connectivity index (χ2n) is 11.5. The van der Waals surface area contributed by atoms with Crippen molar-refractivity contribution in [1.82, 2.24) is 5.32 Å². The maximum absolute atomic E-state index is 14.0. The first-order chi connectivity index (χ1) is 20.9. The Hall–Kier alpha value is -2.68. The van der Waals surface area contributed by atoms with Crippen LogP contribution >= 0.6 is 27.3 Å². The third-order valence-corrected chi connectivity index (χ3v) is 11.1. The number of benzene rings is 2. The predicted octanol–water partition coefficient (Wildman–Crippen LogP) is 1.68. The molecule has 0 saturated carbocycles. The highest BCUT2D eigenvalue weighted by Gasteiger charge is 2.32. The molecule has 246 valence electrons. The number of hydrogen-bond donors (Lipinski definition) is 1. The molecule has 10 nitrogen and oxygen atoms in total. The Labute approximate surface area is 283 Å². The first-order valence-electron chi connectivity index (χ1n) is 14.3. The number of thiophene rings is 1. The smallest absolute Gasteiger partial charge is 0.351 e. The molecular weight excluding hydrogens is 706 g/mol. The number of quaternary nitrogens is 1. The van der Waals surface area contributed by atoms with E-state index in [1.807, 2.05) is 63.6 Å². The Morgan fingerprint density at radius 1 is 1.07 bits per heavy atom. The SMILES string of the molecule is COC(=O)c1sc(-c2cccc(N(C3CCNCC3)S(=O)(=O)Cc3ccccc3)c2)c(Br)c1OCC(=O)OCC[N+](C)(C)C.[Cl-]. The lowest BCUT2D eigenvalue weighted by Gasteiger charge is -2.35. The number of anilines is 1. The number of ether oxygens (including phenoxy) is 3. The van der Waals surface area contributed by atoms with Crippen molar-refractivity contribution in [1.29, 1.82) is 0 Å². The Morgan fingerprint density at radius 2 is 1.76 bits per heavy atom. The summed E-state index contributed by atoms with van der Waals surface area (Å²) in [6.07, 6.45) is 1.35. The molecule has 0 spiro atoms. The Balaban J connectivity index is 0.00000552. The largest absolute Gasteiger partial charge is 1.00 e. The predicted molar refractivity (Wildman–Crippen MR) is 176 cm³/mol. The molecule has 0 aliphatic carbocycles. The van der Waals surface area contributed by atoms with Gasteiger partial charge in [-0.1, -0.05) is 42.5 Å². The van der Waals surface area contributed by atoms with Gasteiger partial charge in [-0.2, -0.15) is 0 Å². The highest BCUT2D eigenvalue weighted by molar-refractivity contribution is 9.10. The summed E-state index contributed by atoms with van der Waals surface area (Å²) in [5.41, 5.74) is 1.93. The average molecular weight is 745 g/mol. The zero-order valence-electron chi connectivity index (χ0n) is 25.8. The molecule has 1 aliphatic heterocycles. The number of likely N-dealkylation sites (N-methyl/N-ethyl adjacent to an activating group) is 1. The van der Waals surface area contributed by atoms with Gasteiger partial charge in [-0.15, -0.1) is 11.3 Å². The van der Waals surface area contributed by atoms with Crippen molar-refractivity contribution in [3.05, 3.63) is 69.5 Å². The van der Waals surface area contributed by atoms with Gasteiger partial charge in [0.25, 0.3) is 0 Å². The molecule has 2 heterocycles. The normalized spacial score (nSPS) is 13.9. The molecule has 1 aliphatic rings. The fourth-order valence-electron chi connectivity index (χ4n) is 4.82. The molecule has 1 N–H and O–H groups in total. The average Bonchev–Trinajstić information content (AvgIpc) is 3.31. The van der Waals surface area contributed by atoms with Crippen LogP contribution in [0.3, 0.4) is 0 Å². The molecule has 2 aromatic carbocycles. The van der Waals surface area contributed by atoms with Gasteiger partial charge >= 0.3 is 11.9 Å². The maximum Gasteiger partial charge on any atom is 0.351 e. The number of methoxy groups -OCH3 is 1. The molecule has 14 heteroatoms. The fourth-order valence-corrected chi connectivity index (χ4v) is 8.64. The van der Waals surface area contributed by atoms with Crippen LogP contribution in [0.25, 0.3) is 10.4 Å². The molecule has 1 saturated heterocycles. The Morgan fingerprint density at radius 3 is 2.40 bits per heavy atom. The van der Waals surface area contributed by atoms with Crippen molar-refractivity contribution in [3.8, 4) is 16.2 Å². The Bertz CT molecular complexity index is 1560. The van der Waals surface area contributed by atoms with E-state index in [1.54, 1.807) is 16.4 Å². The van der Waals surface area contributed by atoms with Crippen molar-refractivity contribution >= 4 is 54.9 Å². The van der Waals surface area contributed by atoms with E-state index >= 15 is 0 Å². The van der Waals surface area contributed by atoms with Gasteiger partial charge in [0, 0.05) is 6.04 Å². The van der Waals surface area contributed by atoms with E-state index in [4.69, 9.17) is 14.2 Å². The van der Waals surface area contributed by atoms with Crippen LogP contribution < -0.4 is 26.8 Å². The molecule has 4 rings (SSSR count). The van der Waals surface area contributed by atoms with Gasteiger partial charge in [0.15, 0.2) is 17.2 Å². The Kier molecular flexibility index (Phi) is 13.3. The second-order valence-corrected chi connectivity index (χ2v) is 15.1. The third-order valence-electron chi connectivity index (χ3n) is 7.03. The van der Waals surface area contributed by atoms with Crippen LogP contribution in [0.1, 0.15) is 28.1 Å². The number of esters is 2. The van der Waals surface area contributed by atoms with E-state index in [0.29, 0.717) is 50.0 Å². The van der Waals surface area contributed by atoms with Crippen LogP contribution in [0, 0.1) is 0 Å². The number of halogens is 2. The minimum Gasteiger partial charge on any atom is -1.00 e. The van der Waals surface area contributed by atoms with Gasteiger partial charge in [-0.25, -0.2) is 18.0 Å². The molecule has 3 aromatic rings. The monoisotopic (exact) mass is 743 g/mol. The van der Waals surface area contributed by atoms with Gasteiger partial charge < -0.3 is 36.4 Å². The van der Waals surface area contributed by atoms with E-state index in [2.05, 4.69) is 21.2 Å². The lowest BCUT2D eigenvalue weighted by Crippen LogP contribution is -3.00. The van der Waals surface area contributed by atoms with E-state index in [-0.39, 0.29) is 41.4 Å². The van der Waals surface area contributed by atoms with Crippen molar-refractivity contribution in [2.75, 3.05) is 65.4 Å². The van der Waals surface area contributed by atoms with Gasteiger partial charge in [-0.3, -0.25) is 4.31 Å². The topological polar surface area (TPSA) is 111 Å². The summed E-state index contributed by atoms with van der Waals surface area (Å²) < 4.78 is 46.6. The van der Waals surface area contributed by atoms with Crippen molar-refractivity contribution in [2.24, 2.45) is 0 Å². The minimum absolute atomic E-state index is 0. The quantitative estimate of drug-likeness (QED) is 0.208. The standard InChI is InChI=1S/C31H39BrN3O7S2.ClH/c1-35(2,3)17-18-41-26(36)20-42-28-27(32)29(43-30(28)31(37)40-4)23-11-8-12-25(19-23)34(24-13-15-33-16-14-24)44(38,39)21-22-9-6-5-7-10-22;/h5-12,19,24,33H,13-18,20-21H2,1-4H3;1H/q+1;/p-1. The highest BCUT2D eigenvalue weighted by atomic mass is 79.9. The maximum atomic E-state index is 14.0. The van der Waals surface area contributed by atoms with E-state index in [0.717, 1.165) is 24.4 Å². The van der Waals surface area contributed by atoms with Crippen LogP contribution in [-0.4, -0.2) is 92.0 Å². The van der Waals surface area contributed by atoms with Gasteiger partial charge in [0.05, 0.1) is 49.0 Å². The van der Waals surface area contributed by atoms with Gasteiger partial charge in [0.2, 0.25) is 10.0 Å². The van der Waals surface area contributed by atoms with Gasteiger partial charge in [-0.05, 0) is 65.1 Å². The summed E-state index contributed by atoms with van der Waals surface area (Å²) in [4.78, 5) is 25.9. The number of hydrogen-bond acceptors (Lipinski definition) is 9. The first kappa shape index (κ1) is 36.8. The summed E-state index contributed by atoms with van der Waals surface area (Å²) in [5, 5.41) is 3.31. The van der Waals surface area contributed by atoms with E-state index < -0.39 is 28.6 Å². The summed E-state index contributed by atoms with van der Waals surface area (Å²) in [6, 6.07) is 16.2. The number of nitrogens with one attached hydrogen (secondary N) is 1. The number of sulfonamides is 1. The van der Waals surface area contributed by atoms with Crippen LogP contribution in [0.4, 0.5) is 5.69 Å². The first-order valence-corrected chi connectivity index (χ1v) is 17.5. The van der Waals surface area contributed by atoms with Crippen molar-refractivity contribution < 1.29 is 49.1 Å². The van der Waals surface area contributed by atoms with Crippen LogP contribution in [0.15, 0.2) is 59.1 Å². The second kappa shape index (κ2) is 16.2. The zero-order valence-corrected chi connectivity index (χ0v) is 29.7. The zero-order chi connectivity index (χ0) is 31.9. The number of piperidine rings is 1. The van der Waals surface area contributed by atoms with Crippen LogP contribution in [0.5, 0.6) is 5.75 Å². The molecule has 0 bridgehead atoms. The molecule has 1 aromatic heterocycles. The number of carbonyl (C=O) groups excluding carboxylic acids is 2. The summed E-state index contributed by atoms with van der Waals surface area (Å²) in [7, 11) is 3.51. The van der Waals surface area contributed by atoms with E-state index in [9.17, 15) is 18.0 Å². The van der Waals surface area contributed by atoms with Crippen LogP contribution in [0.2, 0.25) is 0 Å². The van der Waals surface area contributed by atoms with Crippen molar-refractivity contribution in [3.63, 3.8) is 0 Å². The summed E-state index contributed by atoms with van der Waals surface area (Å²) in [6.45, 7) is 1.92. The van der Waals surface area contributed by atoms with E-state index in [1.165, 1.54) is 7.11 Å². The molecule has 1 fully saturated rings. The molecule has 0 unspecified atom stereocenters. The fraction of sp³-hybridized carbons (Fsp3) is 0.419. The molecule has 0 atom stereocenters. The lowest BCUT2D eigenvalue weighted by molar-refractivity contribution is -0.870. The summed E-state index contributed by atoms with van der Waals surface area (Å²) >= 11 is 4.70. The van der Waals surface area contributed by atoms with Crippen molar-refractivity contribution in [2.45, 2.75) is 24.6 Å². The molecule has 45 heavy (non-hydrogen) atoms. The lowest BCUT2D eigenvalue weighted by atomic mass is 10.1. The minimum atomic E-state index is -3.75. The highest BCUT2D eigenvalue weighted by Crippen LogP contribution is 2.46. The number of rotatable bonds is 13.